The van der Waals surface area contributed by atoms with E-state index in [9.17, 15) is 14.4 Å². The first kappa shape index (κ1) is 23.7. The number of guanidine groups is 1. The number of nitrogens with two attached hydrogens (primary N) is 1. The van der Waals surface area contributed by atoms with Gasteiger partial charge < -0.3 is 20.5 Å². The van der Waals surface area contributed by atoms with E-state index in [1.807, 2.05) is 0 Å². The average Bonchev–Trinajstić information content (AvgIpc) is 2.37. The van der Waals surface area contributed by atoms with E-state index in [1.54, 1.807) is 41.5 Å². The summed E-state index contributed by atoms with van der Waals surface area (Å²) >= 11 is 0. The van der Waals surface area contributed by atoms with Crippen molar-refractivity contribution in [2.75, 3.05) is 6.54 Å². The molecular weight excluding hydrogens is 340 g/mol. The molecule has 4 N–H and O–H groups in total. The predicted octanol–water partition coefficient (Wildman–Crippen LogP) is 2.44. The molecule has 0 bridgehead atoms. The molecule has 0 rings (SSSR count). The van der Waals surface area contributed by atoms with E-state index in [-0.39, 0.29) is 11.9 Å². The summed E-state index contributed by atoms with van der Waals surface area (Å²) in [5.41, 5.74) is 3.69. The van der Waals surface area contributed by atoms with E-state index in [1.165, 1.54) is 0 Å². The van der Waals surface area contributed by atoms with Gasteiger partial charge in [-0.05, 0) is 54.4 Å². The lowest BCUT2D eigenvalue weighted by molar-refractivity contribution is -0.118. The number of primary amides is 1. The van der Waals surface area contributed by atoms with E-state index in [0.717, 1.165) is 6.42 Å². The SMILES string of the molecule is CC(C)(C)OC(=O)/N=C(\NCCCCCC(N)=O)NC(=O)OC(C)(C)C. The smallest absolute Gasteiger partial charge is 0.437 e. The lowest BCUT2D eigenvalue weighted by atomic mass is 10.2. The van der Waals surface area contributed by atoms with E-state index in [2.05, 4.69) is 15.6 Å². The number of alkyl carbamates (subject to hydrolysis) is 1. The molecule has 0 fully saturated rings. The Morgan fingerprint density at radius 3 is 2.00 bits per heavy atom. The normalized spacial score (nSPS) is 12.3. The second-order valence-electron chi connectivity index (χ2n) is 7.77. The Morgan fingerprint density at radius 1 is 0.923 bits per heavy atom. The molecule has 0 aliphatic carbocycles. The molecule has 0 radical (unpaired) electrons. The van der Waals surface area contributed by atoms with Gasteiger partial charge in [0.15, 0.2) is 0 Å². The first-order valence-corrected chi connectivity index (χ1v) is 8.62. The van der Waals surface area contributed by atoms with E-state index in [4.69, 9.17) is 15.2 Å². The van der Waals surface area contributed by atoms with Crippen LogP contribution in [0.1, 0.15) is 67.2 Å². The van der Waals surface area contributed by atoms with Crippen LogP contribution in [0.5, 0.6) is 0 Å². The van der Waals surface area contributed by atoms with Crippen LogP contribution in [0.3, 0.4) is 0 Å². The van der Waals surface area contributed by atoms with Crippen LogP contribution in [-0.4, -0.2) is 41.8 Å². The molecule has 0 aromatic carbocycles. The minimum absolute atomic E-state index is 0.0524. The monoisotopic (exact) mass is 372 g/mol. The second-order valence-corrected chi connectivity index (χ2v) is 7.77. The van der Waals surface area contributed by atoms with Crippen LogP contribution in [0, 0.1) is 0 Å². The number of nitrogens with one attached hydrogen (secondary N) is 2. The molecular formula is C17H32N4O5. The minimum Gasteiger partial charge on any atom is -0.444 e. The average molecular weight is 372 g/mol. The maximum Gasteiger partial charge on any atom is 0.437 e. The summed E-state index contributed by atoms with van der Waals surface area (Å²) in [5.74, 6) is -0.389. The molecule has 3 amide bonds. The summed E-state index contributed by atoms with van der Waals surface area (Å²) < 4.78 is 10.3. The van der Waals surface area contributed by atoms with Crippen molar-refractivity contribution in [2.24, 2.45) is 10.7 Å². The van der Waals surface area contributed by atoms with Crippen molar-refractivity contribution in [3.8, 4) is 0 Å². The quantitative estimate of drug-likeness (QED) is 0.373. The van der Waals surface area contributed by atoms with Crippen LogP contribution in [0.4, 0.5) is 9.59 Å². The van der Waals surface area contributed by atoms with Crippen LogP contribution in [0.2, 0.25) is 0 Å². The number of ether oxygens (including phenoxy) is 2. The van der Waals surface area contributed by atoms with Crippen LogP contribution >= 0.6 is 0 Å². The van der Waals surface area contributed by atoms with Crippen molar-refractivity contribution in [1.82, 2.24) is 10.6 Å². The zero-order valence-electron chi connectivity index (χ0n) is 16.6. The van der Waals surface area contributed by atoms with Crippen molar-refractivity contribution < 1.29 is 23.9 Å². The Balaban J connectivity index is 4.70. The second kappa shape index (κ2) is 10.6. The summed E-state index contributed by atoms with van der Waals surface area (Å²) in [4.78, 5) is 38.2. The van der Waals surface area contributed by atoms with Crippen molar-refractivity contribution in [2.45, 2.75) is 78.4 Å². The first-order chi connectivity index (χ1) is 11.8. The number of nitrogens with zero attached hydrogens (tertiary/aromatic N) is 1. The number of amides is 3. The number of hydrogen-bond acceptors (Lipinski definition) is 5. The van der Waals surface area contributed by atoms with Gasteiger partial charge in [0.2, 0.25) is 11.9 Å². The lowest BCUT2D eigenvalue weighted by Gasteiger charge is -2.21. The maximum atomic E-state index is 11.9. The fourth-order valence-electron chi connectivity index (χ4n) is 1.70. The Labute approximate surface area is 155 Å². The summed E-state index contributed by atoms with van der Waals surface area (Å²) in [6, 6.07) is 0. The van der Waals surface area contributed by atoms with Gasteiger partial charge in [-0.25, -0.2) is 9.59 Å². The number of unbranched alkanes of at least 4 members (excludes halogenated alkanes) is 2. The molecule has 0 aromatic heterocycles. The highest BCUT2D eigenvalue weighted by Gasteiger charge is 2.20. The molecule has 0 aliphatic heterocycles. The van der Waals surface area contributed by atoms with Crippen molar-refractivity contribution >= 4 is 24.1 Å². The van der Waals surface area contributed by atoms with Gasteiger partial charge >= 0.3 is 12.2 Å². The standard InChI is InChI=1S/C17H32N4O5/c1-16(2,3)25-14(23)20-13(21-15(24)26-17(4,5)6)19-11-9-7-8-10-12(18)22/h7-11H2,1-6H3,(H2,18,22)(H2,19,20,21,23,24). The molecule has 0 heterocycles. The molecule has 150 valence electrons. The van der Waals surface area contributed by atoms with Gasteiger partial charge in [0.1, 0.15) is 11.2 Å². The topological polar surface area (TPSA) is 132 Å². The number of rotatable bonds is 6. The molecule has 9 nitrogen and oxygen atoms in total. The Morgan fingerprint density at radius 2 is 1.50 bits per heavy atom. The molecule has 9 heteroatoms. The summed E-state index contributed by atoms with van der Waals surface area (Å²) in [7, 11) is 0. The molecule has 0 atom stereocenters. The molecule has 0 unspecified atom stereocenters. The molecule has 0 spiro atoms. The fraction of sp³-hybridized carbons (Fsp3) is 0.765. The summed E-state index contributed by atoms with van der Waals surface area (Å²) in [6.07, 6.45) is 0.911. The zero-order valence-corrected chi connectivity index (χ0v) is 16.6. The maximum absolute atomic E-state index is 11.9. The van der Waals surface area contributed by atoms with Gasteiger partial charge in [0.05, 0.1) is 0 Å². The number of carbonyl (C=O) groups excluding carboxylic acids is 3. The fourth-order valence-corrected chi connectivity index (χ4v) is 1.70. The Hall–Kier alpha value is -2.32. The third kappa shape index (κ3) is 15.2. The molecule has 0 saturated carbocycles. The van der Waals surface area contributed by atoms with Gasteiger partial charge in [-0.1, -0.05) is 6.42 Å². The molecule has 0 aromatic rings. The number of aliphatic imine (C=N–C) groups is 1. The lowest BCUT2D eigenvalue weighted by Crippen LogP contribution is -2.44. The third-order valence-corrected chi connectivity index (χ3v) is 2.61. The summed E-state index contributed by atoms with van der Waals surface area (Å²) in [5, 5.41) is 5.26. The zero-order chi connectivity index (χ0) is 20.4. The highest BCUT2D eigenvalue weighted by Crippen LogP contribution is 2.08. The number of carbonyl (C=O) groups is 3. The molecule has 0 aliphatic rings. The van der Waals surface area contributed by atoms with Crippen LogP contribution in [-0.2, 0) is 14.3 Å². The van der Waals surface area contributed by atoms with E-state index >= 15 is 0 Å². The Bertz CT molecular complexity index is 518. The van der Waals surface area contributed by atoms with Gasteiger partial charge in [-0.15, -0.1) is 4.99 Å². The summed E-state index contributed by atoms with van der Waals surface area (Å²) in [6.45, 7) is 10.8. The predicted molar refractivity (Wildman–Crippen MR) is 98.7 cm³/mol. The minimum atomic E-state index is -0.829. The van der Waals surface area contributed by atoms with Crippen molar-refractivity contribution in [3.05, 3.63) is 0 Å². The third-order valence-electron chi connectivity index (χ3n) is 2.61. The van der Waals surface area contributed by atoms with Crippen LogP contribution in [0.25, 0.3) is 0 Å². The van der Waals surface area contributed by atoms with Crippen molar-refractivity contribution in [3.63, 3.8) is 0 Å². The van der Waals surface area contributed by atoms with Gasteiger partial charge in [0, 0.05) is 13.0 Å². The van der Waals surface area contributed by atoms with Crippen LogP contribution in [0.15, 0.2) is 4.99 Å². The van der Waals surface area contributed by atoms with E-state index < -0.39 is 23.4 Å². The van der Waals surface area contributed by atoms with E-state index in [0.29, 0.717) is 25.8 Å². The van der Waals surface area contributed by atoms with Gasteiger partial charge in [-0.3, -0.25) is 10.1 Å². The number of hydrogen-bond donors (Lipinski definition) is 3. The van der Waals surface area contributed by atoms with Crippen LogP contribution < -0.4 is 16.4 Å². The van der Waals surface area contributed by atoms with Crippen molar-refractivity contribution in [1.29, 1.82) is 0 Å². The highest BCUT2D eigenvalue weighted by molar-refractivity contribution is 5.98. The molecule has 26 heavy (non-hydrogen) atoms. The first-order valence-electron chi connectivity index (χ1n) is 8.62. The Kier molecular flexibility index (Phi) is 9.67. The molecule has 0 saturated heterocycles. The van der Waals surface area contributed by atoms with Gasteiger partial charge in [-0.2, -0.15) is 0 Å². The highest BCUT2D eigenvalue weighted by atomic mass is 16.6. The van der Waals surface area contributed by atoms with Gasteiger partial charge in [0.25, 0.3) is 0 Å². The largest absolute Gasteiger partial charge is 0.444 e.